The van der Waals surface area contributed by atoms with Crippen molar-refractivity contribution in [1.29, 1.82) is 0 Å². The quantitative estimate of drug-likeness (QED) is 0.669. The topological polar surface area (TPSA) is 49.4 Å². The lowest BCUT2D eigenvalue weighted by Crippen LogP contribution is -2.57. The van der Waals surface area contributed by atoms with E-state index in [2.05, 4.69) is 17.3 Å². The van der Waals surface area contributed by atoms with E-state index in [9.17, 15) is 9.59 Å². The number of nitrogens with zero attached hydrogens (tertiary/aromatic N) is 1. The van der Waals surface area contributed by atoms with Crippen molar-refractivity contribution >= 4 is 11.8 Å². The van der Waals surface area contributed by atoms with Gasteiger partial charge >= 0.3 is 0 Å². The monoisotopic (exact) mass is 224 g/mol. The summed E-state index contributed by atoms with van der Waals surface area (Å²) in [6, 6.07) is 0. The third kappa shape index (κ3) is 1.86. The Morgan fingerprint density at radius 3 is 2.88 bits per heavy atom. The van der Waals surface area contributed by atoms with Crippen LogP contribution in [0.5, 0.6) is 0 Å². The summed E-state index contributed by atoms with van der Waals surface area (Å²) in [6.45, 7) is 4.00. The number of imide groups is 1. The van der Waals surface area contributed by atoms with Crippen LogP contribution in [0.1, 0.15) is 32.6 Å². The van der Waals surface area contributed by atoms with Crippen LogP contribution in [0.2, 0.25) is 0 Å². The fourth-order valence-electron chi connectivity index (χ4n) is 3.43. The van der Waals surface area contributed by atoms with Crippen LogP contribution in [-0.4, -0.2) is 36.9 Å². The largest absolute Gasteiger partial charge is 0.306 e. The molecule has 2 atom stereocenters. The first-order chi connectivity index (χ1) is 7.57. The molecular weight excluding hydrogens is 204 g/mol. The smallest absolute Gasteiger partial charge is 0.230 e. The fraction of sp³-hybridized carbons (Fsp3) is 0.833. The highest BCUT2D eigenvalue weighted by atomic mass is 16.2. The van der Waals surface area contributed by atoms with E-state index in [1.807, 2.05) is 6.92 Å². The number of likely N-dealkylation sites (tertiary alicyclic amines) is 1. The van der Waals surface area contributed by atoms with Crippen molar-refractivity contribution in [3.63, 3.8) is 0 Å². The molecule has 1 N–H and O–H groups in total. The zero-order chi connectivity index (χ0) is 11.8. The molecule has 0 aromatic rings. The molecule has 1 spiro atoms. The van der Waals surface area contributed by atoms with Crippen molar-refractivity contribution in [2.45, 2.75) is 32.6 Å². The zero-order valence-corrected chi connectivity index (χ0v) is 10.1. The van der Waals surface area contributed by atoms with Crippen LogP contribution in [0.25, 0.3) is 0 Å². The van der Waals surface area contributed by atoms with Crippen LogP contribution >= 0.6 is 0 Å². The fourth-order valence-corrected chi connectivity index (χ4v) is 3.43. The van der Waals surface area contributed by atoms with Crippen LogP contribution in [0.3, 0.4) is 0 Å². The minimum Gasteiger partial charge on any atom is -0.306 e. The maximum atomic E-state index is 11.9. The summed E-state index contributed by atoms with van der Waals surface area (Å²) >= 11 is 0. The molecule has 2 amide bonds. The lowest BCUT2D eigenvalue weighted by atomic mass is 9.64. The second kappa shape index (κ2) is 4.17. The summed E-state index contributed by atoms with van der Waals surface area (Å²) in [5.41, 5.74) is -0.0961. The van der Waals surface area contributed by atoms with Crippen LogP contribution in [0, 0.1) is 11.3 Å². The summed E-state index contributed by atoms with van der Waals surface area (Å²) in [5.74, 6) is -0.146. The van der Waals surface area contributed by atoms with Crippen LogP contribution in [0.4, 0.5) is 0 Å². The van der Waals surface area contributed by atoms with Crippen molar-refractivity contribution in [1.82, 2.24) is 10.2 Å². The van der Waals surface area contributed by atoms with Gasteiger partial charge in [-0.3, -0.25) is 14.9 Å². The number of nitrogens with one attached hydrogen (secondary N) is 1. The Balaban J connectivity index is 2.26. The molecule has 2 unspecified atom stereocenters. The third-order valence-electron chi connectivity index (χ3n) is 4.04. The van der Waals surface area contributed by atoms with Crippen molar-refractivity contribution in [2.75, 3.05) is 20.1 Å². The predicted octanol–water partition coefficient (Wildman–Crippen LogP) is 0.771. The van der Waals surface area contributed by atoms with Gasteiger partial charge in [-0.25, -0.2) is 0 Å². The van der Waals surface area contributed by atoms with E-state index >= 15 is 0 Å². The minimum atomic E-state index is -0.0961. The Morgan fingerprint density at radius 1 is 1.50 bits per heavy atom. The van der Waals surface area contributed by atoms with Gasteiger partial charge in [-0.1, -0.05) is 6.92 Å². The Kier molecular flexibility index (Phi) is 3.02. The maximum absolute atomic E-state index is 11.9. The van der Waals surface area contributed by atoms with Gasteiger partial charge in [-0.05, 0) is 32.9 Å². The highest BCUT2D eigenvalue weighted by molar-refractivity contribution is 5.99. The van der Waals surface area contributed by atoms with Gasteiger partial charge < -0.3 is 4.90 Å². The highest BCUT2D eigenvalue weighted by Crippen LogP contribution is 2.43. The van der Waals surface area contributed by atoms with Crippen LogP contribution in [-0.2, 0) is 9.59 Å². The van der Waals surface area contributed by atoms with Gasteiger partial charge in [0.05, 0.1) is 0 Å². The number of carbonyl (C=O) groups is 2. The number of amides is 2. The molecular formula is C12H20N2O2. The van der Waals surface area contributed by atoms with Gasteiger partial charge in [0.1, 0.15) is 0 Å². The number of carbonyl (C=O) groups excluding carboxylic acids is 2. The lowest BCUT2D eigenvalue weighted by Gasteiger charge is -2.47. The second-order valence-corrected chi connectivity index (χ2v) is 5.25. The van der Waals surface area contributed by atoms with Gasteiger partial charge in [0.2, 0.25) is 11.8 Å². The van der Waals surface area contributed by atoms with Gasteiger partial charge in [0.15, 0.2) is 0 Å². The van der Waals surface area contributed by atoms with Gasteiger partial charge in [0, 0.05) is 24.3 Å². The molecule has 4 heteroatoms. The number of rotatable bonds is 1. The first kappa shape index (κ1) is 11.6. The molecule has 2 aliphatic rings. The van der Waals surface area contributed by atoms with Gasteiger partial charge in [-0.15, -0.1) is 0 Å². The molecule has 2 rings (SSSR count). The lowest BCUT2D eigenvalue weighted by molar-refractivity contribution is -0.146. The molecule has 90 valence electrons. The van der Waals surface area contributed by atoms with Crippen LogP contribution in [0.15, 0.2) is 0 Å². The van der Waals surface area contributed by atoms with Crippen molar-refractivity contribution in [3.8, 4) is 0 Å². The molecule has 16 heavy (non-hydrogen) atoms. The molecule has 2 aliphatic heterocycles. The standard InChI is InChI=1S/C12H20N2O2/c1-3-9-11(16)13-10(15)7-12(9)5-4-6-14(2)8-12/h9H,3-8H2,1-2H3,(H,13,15,16). The molecule has 0 bridgehead atoms. The highest BCUT2D eigenvalue weighted by Gasteiger charge is 2.48. The SMILES string of the molecule is CCC1C(=O)NC(=O)CC12CCCN(C)C2. The normalized spacial score (nSPS) is 36.5. The van der Waals surface area contributed by atoms with E-state index in [-0.39, 0.29) is 23.1 Å². The number of hydrogen-bond acceptors (Lipinski definition) is 3. The molecule has 0 radical (unpaired) electrons. The second-order valence-electron chi connectivity index (χ2n) is 5.25. The first-order valence-electron chi connectivity index (χ1n) is 6.09. The van der Waals surface area contributed by atoms with Crippen molar-refractivity contribution in [3.05, 3.63) is 0 Å². The molecule has 4 nitrogen and oxygen atoms in total. The maximum Gasteiger partial charge on any atom is 0.230 e. The molecule has 0 aromatic carbocycles. The summed E-state index contributed by atoms with van der Waals surface area (Å²) in [5, 5.41) is 2.47. The van der Waals surface area contributed by atoms with Crippen LogP contribution < -0.4 is 5.32 Å². The number of hydrogen-bond donors (Lipinski definition) is 1. The average Bonchev–Trinajstić information content (AvgIpc) is 2.16. The molecule has 0 aromatic heterocycles. The van der Waals surface area contributed by atoms with E-state index in [1.165, 1.54) is 0 Å². The predicted molar refractivity (Wildman–Crippen MR) is 60.7 cm³/mol. The Morgan fingerprint density at radius 2 is 2.25 bits per heavy atom. The molecule has 0 aliphatic carbocycles. The summed E-state index contributed by atoms with van der Waals surface area (Å²) in [7, 11) is 2.07. The van der Waals surface area contributed by atoms with Crippen molar-refractivity contribution in [2.24, 2.45) is 11.3 Å². The Hall–Kier alpha value is -0.900. The van der Waals surface area contributed by atoms with Crippen molar-refractivity contribution < 1.29 is 9.59 Å². The molecule has 2 saturated heterocycles. The van der Waals surface area contributed by atoms with Gasteiger partial charge in [-0.2, -0.15) is 0 Å². The summed E-state index contributed by atoms with van der Waals surface area (Å²) in [4.78, 5) is 25.7. The van der Waals surface area contributed by atoms with Gasteiger partial charge in [0.25, 0.3) is 0 Å². The van der Waals surface area contributed by atoms with E-state index in [4.69, 9.17) is 0 Å². The third-order valence-corrected chi connectivity index (χ3v) is 4.04. The number of piperidine rings is 2. The van der Waals surface area contributed by atoms with E-state index < -0.39 is 0 Å². The van der Waals surface area contributed by atoms with E-state index in [1.54, 1.807) is 0 Å². The average molecular weight is 224 g/mol. The summed E-state index contributed by atoms with van der Waals surface area (Å²) < 4.78 is 0. The van der Waals surface area contributed by atoms with E-state index in [0.717, 1.165) is 32.4 Å². The van der Waals surface area contributed by atoms with E-state index in [0.29, 0.717) is 6.42 Å². The zero-order valence-electron chi connectivity index (χ0n) is 10.1. The minimum absolute atomic E-state index is 0.00736. The molecule has 2 fully saturated rings. The Labute approximate surface area is 96.4 Å². The molecule has 0 saturated carbocycles. The Bertz CT molecular complexity index is 316. The molecule has 2 heterocycles. The first-order valence-corrected chi connectivity index (χ1v) is 6.09. The summed E-state index contributed by atoms with van der Waals surface area (Å²) in [6.07, 6.45) is 3.44.